The number of rotatable bonds is 9. The van der Waals surface area contributed by atoms with E-state index in [0.717, 1.165) is 30.6 Å². The summed E-state index contributed by atoms with van der Waals surface area (Å²) in [5, 5.41) is 10.0. The van der Waals surface area contributed by atoms with Gasteiger partial charge in [0.2, 0.25) is 5.91 Å². The molecule has 1 saturated heterocycles. The number of carbonyl (C=O) groups is 1. The quantitative estimate of drug-likeness (QED) is 0.641. The third-order valence-electron chi connectivity index (χ3n) is 5.07. The highest BCUT2D eigenvalue weighted by atomic mass is 32.2. The Labute approximate surface area is 170 Å². The summed E-state index contributed by atoms with van der Waals surface area (Å²) in [5.74, 6) is 0.0440. The molecule has 1 aliphatic heterocycles. The van der Waals surface area contributed by atoms with Gasteiger partial charge in [0.1, 0.15) is 5.82 Å². The lowest BCUT2D eigenvalue weighted by Gasteiger charge is -2.17. The van der Waals surface area contributed by atoms with Gasteiger partial charge in [0.25, 0.3) is 0 Å². The molecule has 1 aromatic carbocycles. The zero-order valence-corrected chi connectivity index (χ0v) is 17.3. The Kier molecular flexibility index (Phi) is 7.02. The molecule has 7 nitrogen and oxygen atoms in total. The molecule has 29 heavy (non-hydrogen) atoms. The number of hydrogen-bond donors (Lipinski definition) is 2. The molecular formula is C20H27FN4O3S. The van der Waals surface area contributed by atoms with E-state index in [9.17, 15) is 17.6 Å². The second kappa shape index (κ2) is 9.49. The van der Waals surface area contributed by atoms with E-state index in [1.165, 1.54) is 12.1 Å². The molecule has 1 fully saturated rings. The minimum atomic E-state index is -2.91. The molecule has 1 amide bonds. The number of nitrogens with zero attached hydrogens (tertiary/aromatic N) is 2. The Hall–Kier alpha value is -2.26. The number of amides is 1. The predicted molar refractivity (Wildman–Crippen MR) is 110 cm³/mol. The fraction of sp³-hybridized carbons (Fsp3) is 0.500. The van der Waals surface area contributed by atoms with Gasteiger partial charge in [-0.15, -0.1) is 0 Å². The van der Waals surface area contributed by atoms with Gasteiger partial charge < -0.3 is 5.32 Å². The maximum absolute atomic E-state index is 13.3. The monoisotopic (exact) mass is 422 g/mol. The van der Waals surface area contributed by atoms with Crippen molar-refractivity contribution >= 4 is 15.7 Å². The average Bonchev–Trinajstić information content (AvgIpc) is 3.26. The van der Waals surface area contributed by atoms with Gasteiger partial charge >= 0.3 is 0 Å². The number of carbonyl (C=O) groups excluding carboxylic acids is 1. The summed E-state index contributed by atoms with van der Waals surface area (Å²) in [6.45, 7) is 1.43. The lowest BCUT2D eigenvalue weighted by atomic mass is 10.1. The predicted octanol–water partition coefficient (Wildman–Crippen LogP) is 1.63. The van der Waals surface area contributed by atoms with Gasteiger partial charge in [-0.1, -0.05) is 12.1 Å². The molecule has 2 aromatic rings. The van der Waals surface area contributed by atoms with Crippen LogP contribution in [0.5, 0.6) is 0 Å². The summed E-state index contributed by atoms with van der Waals surface area (Å²) in [5.41, 5.74) is 2.40. The first-order valence-electron chi connectivity index (χ1n) is 9.76. The minimum absolute atomic E-state index is 0.0296. The van der Waals surface area contributed by atoms with E-state index < -0.39 is 9.84 Å². The van der Waals surface area contributed by atoms with Crippen molar-refractivity contribution in [3.8, 4) is 11.3 Å². The van der Waals surface area contributed by atoms with Crippen LogP contribution in [0.4, 0.5) is 4.39 Å². The largest absolute Gasteiger partial charge is 0.355 e. The molecule has 1 aliphatic rings. The highest BCUT2D eigenvalue weighted by Gasteiger charge is 2.27. The number of halogens is 1. The maximum atomic E-state index is 13.3. The normalized spacial score (nSPS) is 18.2. The van der Waals surface area contributed by atoms with Crippen LogP contribution in [-0.4, -0.2) is 67.6 Å². The number of sulfone groups is 1. The summed E-state index contributed by atoms with van der Waals surface area (Å²) >= 11 is 0. The van der Waals surface area contributed by atoms with Crippen LogP contribution in [0.15, 0.2) is 30.3 Å². The Morgan fingerprint density at radius 3 is 2.93 bits per heavy atom. The summed E-state index contributed by atoms with van der Waals surface area (Å²) in [6.07, 6.45) is 2.24. The van der Waals surface area contributed by atoms with Crippen molar-refractivity contribution in [1.82, 2.24) is 20.4 Å². The molecular weight excluding hydrogens is 395 g/mol. The topological polar surface area (TPSA) is 95.2 Å². The van der Waals surface area contributed by atoms with E-state index >= 15 is 0 Å². The van der Waals surface area contributed by atoms with Crippen LogP contribution in [0.3, 0.4) is 0 Å². The van der Waals surface area contributed by atoms with Crippen LogP contribution < -0.4 is 5.32 Å². The van der Waals surface area contributed by atoms with Crippen molar-refractivity contribution in [2.45, 2.75) is 19.3 Å². The van der Waals surface area contributed by atoms with Gasteiger partial charge in [0.05, 0.1) is 23.7 Å². The molecule has 158 valence electrons. The molecule has 0 bridgehead atoms. The maximum Gasteiger partial charge on any atom is 0.234 e. The van der Waals surface area contributed by atoms with Crippen LogP contribution >= 0.6 is 0 Å². The molecule has 0 saturated carbocycles. The van der Waals surface area contributed by atoms with Crippen molar-refractivity contribution in [1.29, 1.82) is 0 Å². The average molecular weight is 423 g/mol. The number of likely N-dealkylation sites (N-methyl/N-ethyl adjacent to an activating group) is 1. The Morgan fingerprint density at radius 2 is 2.21 bits per heavy atom. The molecule has 1 aromatic heterocycles. The van der Waals surface area contributed by atoms with E-state index in [1.807, 2.05) is 24.1 Å². The second-order valence-corrected chi connectivity index (χ2v) is 9.93. The van der Waals surface area contributed by atoms with Crippen molar-refractivity contribution in [2.75, 3.05) is 38.2 Å². The molecule has 0 aliphatic carbocycles. The van der Waals surface area contributed by atoms with Gasteiger partial charge in [-0.25, -0.2) is 12.8 Å². The number of aromatic nitrogens is 2. The number of H-pyrrole nitrogens is 1. The number of aromatic amines is 1. The molecule has 0 radical (unpaired) electrons. The first-order chi connectivity index (χ1) is 13.8. The highest BCUT2D eigenvalue weighted by Crippen LogP contribution is 2.19. The Morgan fingerprint density at radius 1 is 1.38 bits per heavy atom. The first-order valence-corrected chi connectivity index (χ1v) is 11.6. The number of nitrogens with one attached hydrogen (secondary N) is 2. The van der Waals surface area contributed by atoms with Crippen LogP contribution in [-0.2, 0) is 21.1 Å². The smallest absolute Gasteiger partial charge is 0.234 e. The van der Waals surface area contributed by atoms with Crippen LogP contribution in [0.25, 0.3) is 11.3 Å². The minimum Gasteiger partial charge on any atom is -0.355 e. The lowest BCUT2D eigenvalue weighted by molar-refractivity contribution is -0.122. The van der Waals surface area contributed by atoms with E-state index in [4.69, 9.17) is 0 Å². The molecule has 0 spiro atoms. The number of benzene rings is 1. The fourth-order valence-electron chi connectivity index (χ4n) is 3.50. The molecule has 1 atom stereocenters. The number of hydrogen-bond acceptors (Lipinski definition) is 5. The lowest BCUT2D eigenvalue weighted by Crippen LogP contribution is -2.38. The first kappa shape index (κ1) is 21.4. The van der Waals surface area contributed by atoms with Gasteiger partial charge in [-0.05, 0) is 57.0 Å². The van der Waals surface area contributed by atoms with E-state index in [2.05, 4.69) is 15.5 Å². The van der Waals surface area contributed by atoms with Gasteiger partial charge in [0.15, 0.2) is 9.84 Å². The van der Waals surface area contributed by atoms with E-state index in [1.54, 1.807) is 6.07 Å². The van der Waals surface area contributed by atoms with Gasteiger partial charge in [-0.2, -0.15) is 5.10 Å². The van der Waals surface area contributed by atoms with Crippen molar-refractivity contribution in [3.63, 3.8) is 0 Å². The fourth-order valence-corrected chi connectivity index (χ4v) is 5.36. The number of aryl methyl sites for hydroxylation is 1. The van der Waals surface area contributed by atoms with Crippen molar-refractivity contribution in [3.05, 3.63) is 41.8 Å². The summed E-state index contributed by atoms with van der Waals surface area (Å²) in [7, 11) is -1.03. The molecule has 2 heterocycles. The van der Waals surface area contributed by atoms with Gasteiger partial charge in [0, 0.05) is 17.8 Å². The zero-order chi connectivity index (χ0) is 20.9. The SMILES string of the molecule is CN(CCCc1cc(-c2cccc(F)c2)n[nH]1)CC(=O)NCC1CCS(=O)(=O)C1. The Bertz CT molecular complexity index is 945. The third-order valence-corrected chi connectivity index (χ3v) is 6.90. The van der Waals surface area contributed by atoms with Gasteiger partial charge in [-0.3, -0.25) is 14.8 Å². The molecule has 2 N–H and O–H groups in total. The third kappa shape index (κ3) is 6.64. The van der Waals surface area contributed by atoms with Crippen molar-refractivity contribution < 1.29 is 17.6 Å². The second-order valence-electron chi connectivity index (χ2n) is 7.70. The highest BCUT2D eigenvalue weighted by molar-refractivity contribution is 7.91. The van der Waals surface area contributed by atoms with Crippen molar-refractivity contribution in [2.24, 2.45) is 5.92 Å². The summed E-state index contributed by atoms with van der Waals surface area (Å²) < 4.78 is 36.2. The zero-order valence-electron chi connectivity index (χ0n) is 16.5. The standard InChI is InChI=1S/C20H27FN4O3S/c1-25(13-20(26)22-12-15-7-9-29(27,28)14-15)8-3-6-18-11-19(24-23-18)16-4-2-5-17(21)10-16/h2,4-5,10-11,15H,3,6-9,12-14H2,1H3,(H,22,26)(H,23,24). The Balaban J connectivity index is 1.35. The van der Waals surface area contributed by atoms with Crippen LogP contribution in [0.1, 0.15) is 18.5 Å². The molecule has 9 heteroatoms. The molecule has 1 unspecified atom stereocenters. The molecule has 3 rings (SSSR count). The summed E-state index contributed by atoms with van der Waals surface area (Å²) in [4.78, 5) is 14.0. The summed E-state index contributed by atoms with van der Waals surface area (Å²) in [6, 6.07) is 8.24. The van der Waals surface area contributed by atoms with E-state index in [0.29, 0.717) is 18.7 Å². The van der Waals surface area contributed by atoms with Crippen LogP contribution in [0, 0.1) is 11.7 Å². The van der Waals surface area contributed by atoms with E-state index in [-0.39, 0.29) is 35.7 Å². The van der Waals surface area contributed by atoms with Crippen LogP contribution in [0.2, 0.25) is 0 Å².